The monoisotopic (exact) mass is 463 g/mol. The van der Waals surface area contributed by atoms with Crippen molar-refractivity contribution in [3.05, 3.63) is 116 Å². The highest BCUT2D eigenvalue weighted by Crippen LogP contribution is 2.20. The van der Waals surface area contributed by atoms with Gasteiger partial charge in [0.1, 0.15) is 5.82 Å². The number of nitrogens with one attached hydrogen (secondary N) is 1. The molecule has 1 N–H and O–H groups in total. The van der Waals surface area contributed by atoms with E-state index in [1.54, 1.807) is 47.4 Å². The molecule has 0 fully saturated rings. The second-order valence-corrected chi connectivity index (χ2v) is 8.12. The quantitative estimate of drug-likeness (QED) is 0.385. The molecule has 5 nitrogen and oxygen atoms in total. The van der Waals surface area contributed by atoms with Crippen molar-refractivity contribution in [1.29, 1.82) is 0 Å². The van der Waals surface area contributed by atoms with Gasteiger partial charge in [-0.25, -0.2) is 4.98 Å². The standard InChI is InChI=1S/C25H19Cl2N3O2/c26-19-12-18(13-20(27)14-19)10-11-24(31)30(15-17-6-2-1-3-7-17)16-23-28-22-9-5-4-8-21(22)25(32)29-23/h1-14H,15-16H2,(H,28,29,32)/b11-10+. The number of para-hydroxylation sites is 1. The molecule has 0 saturated heterocycles. The highest BCUT2D eigenvalue weighted by Gasteiger charge is 2.15. The molecule has 0 aliphatic heterocycles. The van der Waals surface area contributed by atoms with Crippen molar-refractivity contribution < 1.29 is 4.79 Å². The Hall–Kier alpha value is -3.41. The molecule has 0 saturated carbocycles. The first-order valence-electron chi connectivity index (χ1n) is 9.93. The Morgan fingerprint density at radius 1 is 0.938 bits per heavy atom. The molecule has 0 bridgehead atoms. The number of rotatable bonds is 6. The van der Waals surface area contributed by atoms with Crippen LogP contribution in [0, 0.1) is 0 Å². The number of hydrogen-bond donors (Lipinski definition) is 1. The van der Waals surface area contributed by atoms with E-state index < -0.39 is 0 Å². The molecule has 4 rings (SSSR count). The Morgan fingerprint density at radius 2 is 1.62 bits per heavy atom. The molecular weight excluding hydrogens is 445 g/mol. The van der Waals surface area contributed by atoms with Crippen LogP contribution >= 0.6 is 23.2 Å². The number of nitrogens with zero attached hydrogens (tertiary/aromatic N) is 2. The molecule has 3 aromatic carbocycles. The molecule has 1 aromatic heterocycles. The van der Waals surface area contributed by atoms with E-state index in [9.17, 15) is 9.59 Å². The van der Waals surface area contributed by atoms with Gasteiger partial charge in [-0.3, -0.25) is 9.59 Å². The summed E-state index contributed by atoms with van der Waals surface area (Å²) in [6.45, 7) is 0.505. The van der Waals surface area contributed by atoms with Crippen LogP contribution in [0.25, 0.3) is 17.0 Å². The lowest BCUT2D eigenvalue weighted by Crippen LogP contribution is -2.30. The summed E-state index contributed by atoms with van der Waals surface area (Å²) in [5.74, 6) is 0.179. The molecule has 160 valence electrons. The summed E-state index contributed by atoms with van der Waals surface area (Å²) in [6.07, 6.45) is 3.12. The topological polar surface area (TPSA) is 66.1 Å². The van der Waals surface area contributed by atoms with Gasteiger partial charge in [-0.2, -0.15) is 0 Å². The van der Waals surface area contributed by atoms with Crippen LogP contribution in [0.5, 0.6) is 0 Å². The maximum Gasteiger partial charge on any atom is 0.258 e. The van der Waals surface area contributed by atoms with E-state index in [0.29, 0.717) is 38.9 Å². The smallest absolute Gasteiger partial charge is 0.258 e. The van der Waals surface area contributed by atoms with Gasteiger partial charge in [-0.1, -0.05) is 65.7 Å². The first-order chi connectivity index (χ1) is 15.5. The molecule has 0 atom stereocenters. The number of aromatic nitrogens is 2. The molecule has 32 heavy (non-hydrogen) atoms. The normalized spacial score (nSPS) is 11.2. The fourth-order valence-electron chi connectivity index (χ4n) is 3.35. The first kappa shape index (κ1) is 21.8. The number of halogens is 2. The largest absolute Gasteiger partial charge is 0.327 e. The van der Waals surface area contributed by atoms with E-state index in [4.69, 9.17) is 23.2 Å². The van der Waals surface area contributed by atoms with Gasteiger partial charge >= 0.3 is 0 Å². The fraction of sp³-hybridized carbons (Fsp3) is 0.0800. The van der Waals surface area contributed by atoms with Crippen LogP contribution in [0.4, 0.5) is 0 Å². The SMILES string of the molecule is O=C(/C=C/c1cc(Cl)cc(Cl)c1)N(Cc1ccccc1)Cc1nc2ccccc2c(=O)[nH]1. The fourth-order valence-corrected chi connectivity index (χ4v) is 3.89. The van der Waals surface area contributed by atoms with Crippen molar-refractivity contribution in [1.82, 2.24) is 14.9 Å². The van der Waals surface area contributed by atoms with E-state index in [1.165, 1.54) is 6.08 Å². The number of fused-ring (bicyclic) bond motifs is 1. The summed E-state index contributed by atoms with van der Waals surface area (Å²) in [5, 5.41) is 1.49. The second kappa shape index (κ2) is 9.81. The van der Waals surface area contributed by atoms with Crippen LogP contribution in [-0.2, 0) is 17.9 Å². The van der Waals surface area contributed by atoms with Gasteiger partial charge in [0.15, 0.2) is 0 Å². The third-order valence-electron chi connectivity index (χ3n) is 4.83. The van der Waals surface area contributed by atoms with Crippen molar-refractivity contribution >= 4 is 46.1 Å². The average molecular weight is 464 g/mol. The zero-order valence-electron chi connectivity index (χ0n) is 17.0. The summed E-state index contributed by atoms with van der Waals surface area (Å²) in [6, 6.07) is 21.8. The van der Waals surface area contributed by atoms with Crippen molar-refractivity contribution in [3.8, 4) is 0 Å². The van der Waals surface area contributed by atoms with Gasteiger partial charge < -0.3 is 9.88 Å². The summed E-state index contributed by atoms with van der Waals surface area (Å²) >= 11 is 12.1. The Morgan fingerprint density at radius 3 is 2.38 bits per heavy atom. The summed E-state index contributed by atoms with van der Waals surface area (Å²) in [5.41, 5.74) is 2.03. The van der Waals surface area contributed by atoms with Gasteiger partial charge in [0.2, 0.25) is 5.91 Å². The van der Waals surface area contributed by atoms with Crippen molar-refractivity contribution in [2.24, 2.45) is 0 Å². The van der Waals surface area contributed by atoms with Crippen LogP contribution < -0.4 is 5.56 Å². The lowest BCUT2D eigenvalue weighted by molar-refractivity contribution is -0.127. The number of carbonyl (C=O) groups excluding carboxylic acids is 1. The summed E-state index contributed by atoms with van der Waals surface area (Å²) in [7, 11) is 0. The highest BCUT2D eigenvalue weighted by molar-refractivity contribution is 6.34. The lowest BCUT2D eigenvalue weighted by Gasteiger charge is -2.21. The minimum atomic E-state index is -0.235. The highest BCUT2D eigenvalue weighted by atomic mass is 35.5. The van der Waals surface area contributed by atoms with Gasteiger partial charge in [0.05, 0.1) is 17.4 Å². The molecule has 4 aromatic rings. The van der Waals surface area contributed by atoms with Crippen molar-refractivity contribution in [2.45, 2.75) is 13.1 Å². The molecule has 7 heteroatoms. The van der Waals surface area contributed by atoms with Gasteiger partial charge in [-0.05, 0) is 47.5 Å². The second-order valence-electron chi connectivity index (χ2n) is 7.25. The number of benzene rings is 3. The zero-order chi connectivity index (χ0) is 22.5. The van der Waals surface area contributed by atoms with Gasteiger partial charge in [-0.15, -0.1) is 0 Å². The van der Waals surface area contributed by atoms with E-state index in [2.05, 4.69) is 9.97 Å². The average Bonchev–Trinajstić information content (AvgIpc) is 2.77. The van der Waals surface area contributed by atoms with Crippen LogP contribution in [0.1, 0.15) is 17.0 Å². The van der Waals surface area contributed by atoms with Gasteiger partial charge in [0.25, 0.3) is 5.56 Å². The Balaban J connectivity index is 1.63. The summed E-state index contributed by atoms with van der Waals surface area (Å²) in [4.78, 5) is 34.5. The van der Waals surface area contributed by atoms with E-state index in [-0.39, 0.29) is 18.0 Å². The van der Waals surface area contributed by atoms with Crippen molar-refractivity contribution in [2.75, 3.05) is 0 Å². The third-order valence-corrected chi connectivity index (χ3v) is 5.27. The molecule has 1 amide bonds. The van der Waals surface area contributed by atoms with Crippen LogP contribution in [0.2, 0.25) is 10.0 Å². The first-order valence-corrected chi connectivity index (χ1v) is 10.7. The Labute approximate surface area is 194 Å². The van der Waals surface area contributed by atoms with Crippen LogP contribution in [0.3, 0.4) is 0 Å². The maximum atomic E-state index is 13.1. The molecular formula is C25H19Cl2N3O2. The maximum absolute atomic E-state index is 13.1. The molecule has 0 radical (unpaired) electrons. The third kappa shape index (κ3) is 5.44. The minimum absolute atomic E-state index is 0.147. The predicted molar refractivity (Wildman–Crippen MR) is 129 cm³/mol. The van der Waals surface area contributed by atoms with Crippen LogP contribution in [0.15, 0.2) is 83.7 Å². The van der Waals surface area contributed by atoms with E-state index >= 15 is 0 Å². The summed E-state index contributed by atoms with van der Waals surface area (Å²) < 4.78 is 0. The number of hydrogen-bond acceptors (Lipinski definition) is 3. The number of H-pyrrole nitrogens is 1. The molecule has 0 aliphatic carbocycles. The number of carbonyl (C=O) groups is 1. The van der Waals surface area contributed by atoms with E-state index in [0.717, 1.165) is 5.56 Å². The lowest BCUT2D eigenvalue weighted by atomic mass is 10.2. The molecule has 0 aliphatic rings. The molecule has 0 unspecified atom stereocenters. The Kier molecular flexibility index (Phi) is 6.69. The Bertz CT molecular complexity index is 1330. The predicted octanol–water partition coefficient (Wildman–Crippen LogP) is 5.47. The van der Waals surface area contributed by atoms with Crippen LogP contribution in [-0.4, -0.2) is 20.8 Å². The molecule has 0 spiro atoms. The van der Waals surface area contributed by atoms with Gasteiger partial charge in [0, 0.05) is 22.7 Å². The zero-order valence-corrected chi connectivity index (χ0v) is 18.5. The molecule has 1 heterocycles. The number of aromatic amines is 1. The van der Waals surface area contributed by atoms with Crippen molar-refractivity contribution in [3.63, 3.8) is 0 Å². The van der Waals surface area contributed by atoms with E-state index in [1.807, 2.05) is 36.4 Å². The number of amides is 1. The minimum Gasteiger partial charge on any atom is -0.327 e.